The first kappa shape index (κ1) is 12.6. The van der Waals surface area contributed by atoms with Crippen molar-refractivity contribution < 1.29 is 34.1 Å². The van der Waals surface area contributed by atoms with Crippen LogP contribution in [0, 0.1) is 5.82 Å². The second kappa shape index (κ2) is 4.60. The van der Waals surface area contributed by atoms with Crippen LogP contribution in [0.4, 0.5) is 4.39 Å². The van der Waals surface area contributed by atoms with Crippen LogP contribution in [0.1, 0.15) is 26.3 Å². The molecular weight excluding hydrogens is 235 g/mol. The van der Waals surface area contributed by atoms with Gasteiger partial charge in [0.1, 0.15) is 5.82 Å². The molecule has 0 saturated carbocycles. The highest BCUT2D eigenvalue weighted by molar-refractivity contribution is 6.02. The van der Waals surface area contributed by atoms with E-state index >= 15 is 0 Å². The normalized spacial score (nSPS) is 9.94. The van der Waals surface area contributed by atoms with Gasteiger partial charge in [-0.1, -0.05) is 0 Å². The molecule has 0 atom stereocenters. The van der Waals surface area contributed by atoms with Gasteiger partial charge < -0.3 is 15.3 Å². The van der Waals surface area contributed by atoms with E-state index in [1.54, 1.807) is 0 Å². The largest absolute Gasteiger partial charge is 0.481 e. The summed E-state index contributed by atoms with van der Waals surface area (Å²) in [5.41, 5.74) is -1.74. The Hall–Kier alpha value is -2.44. The fourth-order valence-corrected chi connectivity index (χ4v) is 1.27. The van der Waals surface area contributed by atoms with Gasteiger partial charge in [0.2, 0.25) is 0 Å². The van der Waals surface area contributed by atoms with Crippen molar-refractivity contribution in [3.8, 4) is 0 Å². The molecule has 0 aliphatic rings. The van der Waals surface area contributed by atoms with E-state index in [-0.39, 0.29) is 5.56 Å². The molecule has 6 nitrogen and oxygen atoms in total. The summed E-state index contributed by atoms with van der Waals surface area (Å²) in [7, 11) is 0. The summed E-state index contributed by atoms with van der Waals surface area (Å²) >= 11 is 0. The van der Waals surface area contributed by atoms with Gasteiger partial charge in [-0.3, -0.25) is 4.79 Å². The molecule has 0 aliphatic heterocycles. The minimum atomic E-state index is -1.59. The van der Waals surface area contributed by atoms with Crippen molar-refractivity contribution in [3.63, 3.8) is 0 Å². The van der Waals surface area contributed by atoms with Crippen LogP contribution >= 0.6 is 0 Å². The number of aromatic carboxylic acids is 2. The minimum absolute atomic E-state index is 0.375. The first-order valence-electron chi connectivity index (χ1n) is 4.33. The van der Waals surface area contributed by atoms with Gasteiger partial charge in [0.15, 0.2) is 0 Å². The van der Waals surface area contributed by atoms with Crippen LogP contribution in [-0.4, -0.2) is 33.2 Å². The minimum Gasteiger partial charge on any atom is -0.481 e. The fraction of sp³-hybridized carbons (Fsp3) is 0.100. The molecule has 0 amide bonds. The zero-order valence-electron chi connectivity index (χ0n) is 8.31. The number of rotatable bonds is 4. The van der Waals surface area contributed by atoms with Gasteiger partial charge >= 0.3 is 17.9 Å². The molecule has 0 spiro atoms. The van der Waals surface area contributed by atoms with E-state index < -0.39 is 41.3 Å². The summed E-state index contributed by atoms with van der Waals surface area (Å²) in [6.07, 6.45) is -0.716. The van der Waals surface area contributed by atoms with Crippen molar-refractivity contribution in [1.29, 1.82) is 0 Å². The van der Waals surface area contributed by atoms with Gasteiger partial charge in [-0.2, -0.15) is 0 Å². The average Bonchev–Trinajstić information content (AvgIpc) is 2.19. The number of halogens is 1. The molecule has 0 bridgehead atoms. The van der Waals surface area contributed by atoms with Gasteiger partial charge in [0.25, 0.3) is 0 Å². The molecule has 90 valence electrons. The molecule has 3 N–H and O–H groups in total. The second-order valence-electron chi connectivity index (χ2n) is 3.17. The lowest BCUT2D eigenvalue weighted by Crippen LogP contribution is -2.12. The molecule has 0 radical (unpaired) electrons. The van der Waals surface area contributed by atoms with Crippen molar-refractivity contribution in [1.82, 2.24) is 0 Å². The summed E-state index contributed by atoms with van der Waals surface area (Å²) in [5, 5.41) is 25.9. The summed E-state index contributed by atoms with van der Waals surface area (Å²) in [5.74, 6) is -5.56. The summed E-state index contributed by atoms with van der Waals surface area (Å²) < 4.78 is 13.3. The lowest BCUT2D eigenvalue weighted by molar-refractivity contribution is -0.136. The van der Waals surface area contributed by atoms with E-state index in [4.69, 9.17) is 15.3 Å². The van der Waals surface area contributed by atoms with Gasteiger partial charge in [-0.05, 0) is 17.7 Å². The molecular formula is C10H7FO6. The molecule has 0 saturated heterocycles. The van der Waals surface area contributed by atoms with Crippen molar-refractivity contribution >= 4 is 17.9 Å². The van der Waals surface area contributed by atoms with Crippen LogP contribution in [0.2, 0.25) is 0 Å². The van der Waals surface area contributed by atoms with Crippen molar-refractivity contribution in [2.45, 2.75) is 6.42 Å². The van der Waals surface area contributed by atoms with Crippen molar-refractivity contribution in [2.75, 3.05) is 0 Å². The molecule has 7 heteroatoms. The maximum Gasteiger partial charge on any atom is 0.336 e. The predicted octanol–water partition coefficient (Wildman–Crippen LogP) is 0.849. The molecule has 1 aromatic carbocycles. The number of aliphatic carboxylic acids is 1. The van der Waals surface area contributed by atoms with E-state index in [1.165, 1.54) is 0 Å². The third-order valence-electron chi connectivity index (χ3n) is 1.99. The van der Waals surface area contributed by atoms with Crippen LogP contribution in [0.3, 0.4) is 0 Å². The third-order valence-corrected chi connectivity index (χ3v) is 1.99. The van der Waals surface area contributed by atoms with Crippen molar-refractivity contribution in [3.05, 3.63) is 34.6 Å². The number of hydrogen-bond donors (Lipinski definition) is 3. The molecule has 0 unspecified atom stereocenters. The lowest BCUT2D eigenvalue weighted by Gasteiger charge is -2.05. The Morgan fingerprint density at radius 2 is 1.47 bits per heavy atom. The molecule has 0 aliphatic carbocycles. The molecule has 1 aromatic rings. The Morgan fingerprint density at radius 1 is 1.00 bits per heavy atom. The topological polar surface area (TPSA) is 112 Å². The standard InChI is InChI=1S/C10H7FO6/c11-7-3-6(10(16)17)5(9(14)15)1-4(7)2-8(12)13/h1,3H,2H2,(H,12,13)(H,14,15)(H,16,17). The Bertz CT molecular complexity index is 508. The number of hydrogen-bond acceptors (Lipinski definition) is 3. The SMILES string of the molecule is O=C(O)Cc1cc(C(=O)O)c(C(=O)O)cc1F. The van der Waals surface area contributed by atoms with Gasteiger partial charge in [-0.15, -0.1) is 0 Å². The molecule has 17 heavy (non-hydrogen) atoms. The first-order chi connectivity index (χ1) is 7.82. The Balaban J connectivity index is 3.39. The molecule has 0 heterocycles. The van der Waals surface area contributed by atoms with E-state index in [0.717, 1.165) is 6.07 Å². The third kappa shape index (κ3) is 2.77. The van der Waals surface area contributed by atoms with E-state index in [0.29, 0.717) is 6.07 Å². The maximum absolute atomic E-state index is 13.3. The molecule has 0 fully saturated rings. The number of benzene rings is 1. The Morgan fingerprint density at radius 3 is 1.88 bits per heavy atom. The van der Waals surface area contributed by atoms with E-state index in [1.807, 2.05) is 0 Å². The lowest BCUT2D eigenvalue weighted by atomic mass is 10.0. The molecule has 1 rings (SSSR count). The average molecular weight is 242 g/mol. The van der Waals surface area contributed by atoms with E-state index in [2.05, 4.69) is 0 Å². The maximum atomic E-state index is 13.3. The highest BCUT2D eigenvalue weighted by Gasteiger charge is 2.20. The zero-order chi connectivity index (χ0) is 13.2. The quantitative estimate of drug-likeness (QED) is 0.721. The summed E-state index contributed by atoms with van der Waals surface area (Å²) in [4.78, 5) is 31.8. The van der Waals surface area contributed by atoms with Gasteiger partial charge in [0.05, 0.1) is 17.5 Å². The highest BCUT2D eigenvalue weighted by atomic mass is 19.1. The smallest absolute Gasteiger partial charge is 0.336 e. The monoisotopic (exact) mass is 242 g/mol. The number of carboxylic acids is 3. The molecule has 0 aromatic heterocycles. The van der Waals surface area contributed by atoms with Crippen LogP contribution in [0.25, 0.3) is 0 Å². The van der Waals surface area contributed by atoms with Crippen LogP contribution in [-0.2, 0) is 11.2 Å². The summed E-state index contributed by atoms with van der Waals surface area (Å²) in [6, 6.07) is 1.22. The number of carboxylic acid groups (broad SMARTS) is 3. The van der Waals surface area contributed by atoms with Gasteiger partial charge in [-0.25, -0.2) is 14.0 Å². The Labute approximate surface area is 93.9 Å². The zero-order valence-corrected chi connectivity index (χ0v) is 8.31. The summed E-state index contributed by atoms with van der Waals surface area (Å²) in [6.45, 7) is 0. The van der Waals surface area contributed by atoms with Crippen LogP contribution in [0.15, 0.2) is 12.1 Å². The first-order valence-corrected chi connectivity index (χ1v) is 4.33. The highest BCUT2D eigenvalue weighted by Crippen LogP contribution is 2.17. The second-order valence-corrected chi connectivity index (χ2v) is 3.17. The van der Waals surface area contributed by atoms with Crippen molar-refractivity contribution in [2.24, 2.45) is 0 Å². The number of carbonyl (C=O) groups is 3. The van der Waals surface area contributed by atoms with Gasteiger partial charge in [0, 0.05) is 0 Å². The fourth-order valence-electron chi connectivity index (χ4n) is 1.27. The van der Waals surface area contributed by atoms with Crippen LogP contribution in [0.5, 0.6) is 0 Å². The van der Waals surface area contributed by atoms with Crippen LogP contribution < -0.4 is 0 Å². The Kier molecular flexibility index (Phi) is 3.42. The van der Waals surface area contributed by atoms with E-state index in [9.17, 15) is 18.8 Å². The predicted molar refractivity (Wildman–Crippen MR) is 51.7 cm³/mol.